The van der Waals surface area contributed by atoms with Gasteiger partial charge in [0, 0.05) is 35.1 Å². The Hall–Kier alpha value is -1.81. The van der Waals surface area contributed by atoms with Gasteiger partial charge in [-0.2, -0.15) is 0 Å². The summed E-state index contributed by atoms with van der Waals surface area (Å²) in [6, 6.07) is 17.8. The number of aromatic nitrogens is 1. The number of piperidine rings is 1. The minimum absolute atomic E-state index is 0.656. The zero-order valence-corrected chi connectivity index (χ0v) is 15.7. The van der Waals surface area contributed by atoms with E-state index in [1.807, 2.05) is 65.4 Å². The van der Waals surface area contributed by atoms with E-state index in [1.165, 1.54) is 19.3 Å². The van der Waals surface area contributed by atoms with Gasteiger partial charge in [0.05, 0.1) is 5.52 Å². The van der Waals surface area contributed by atoms with Gasteiger partial charge in [-0.15, -0.1) is 0 Å². The summed E-state index contributed by atoms with van der Waals surface area (Å²) < 4.78 is 2.00. The summed E-state index contributed by atoms with van der Waals surface area (Å²) in [6.45, 7) is 3.15. The maximum Gasteiger partial charge on any atom is 0.169 e. The Bertz CT molecular complexity index is 870. The molecule has 26 heavy (non-hydrogen) atoms. The molecule has 0 radical (unpaired) electrons. The van der Waals surface area contributed by atoms with Crippen molar-refractivity contribution in [2.45, 2.75) is 31.4 Å². The van der Waals surface area contributed by atoms with Gasteiger partial charge in [0.25, 0.3) is 0 Å². The molecule has 1 fully saturated rings. The zero-order chi connectivity index (χ0) is 18.0. The number of fused-ring (bicyclic) bond motifs is 1. The molecule has 0 amide bonds. The van der Waals surface area contributed by atoms with Crippen molar-refractivity contribution in [2.75, 3.05) is 19.6 Å². The molecule has 1 saturated heterocycles. The van der Waals surface area contributed by atoms with Crippen molar-refractivity contribution in [1.29, 1.82) is 0 Å². The summed E-state index contributed by atoms with van der Waals surface area (Å²) >= 11 is 6.14. The van der Waals surface area contributed by atoms with Crippen LogP contribution in [0, 0.1) is 0 Å². The molecular weight excluding hydrogens is 344 g/mol. The van der Waals surface area contributed by atoms with Crippen molar-refractivity contribution < 1.29 is 5.11 Å². The Labute approximate surface area is 159 Å². The van der Waals surface area contributed by atoms with Gasteiger partial charge >= 0.3 is 0 Å². The van der Waals surface area contributed by atoms with Crippen LogP contribution >= 0.6 is 11.6 Å². The van der Waals surface area contributed by atoms with Crippen LogP contribution in [0.1, 0.15) is 31.2 Å². The van der Waals surface area contributed by atoms with Crippen molar-refractivity contribution in [3.63, 3.8) is 0 Å². The molecule has 0 aliphatic carbocycles. The fraction of sp³-hybridized carbons (Fsp3) is 0.364. The van der Waals surface area contributed by atoms with Gasteiger partial charge < -0.3 is 14.6 Å². The molecule has 3 aromatic rings. The van der Waals surface area contributed by atoms with Gasteiger partial charge in [-0.25, -0.2) is 0 Å². The molecule has 1 N–H and O–H groups in total. The molecular formula is C22H25ClN2O. The second kappa shape index (κ2) is 7.43. The molecule has 0 bridgehead atoms. The van der Waals surface area contributed by atoms with Crippen LogP contribution in [0.4, 0.5) is 0 Å². The Morgan fingerprint density at radius 1 is 0.962 bits per heavy atom. The molecule has 2 aromatic carbocycles. The highest BCUT2D eigenvalue weighted by molar-refractivity contribution is 6.31. The van der Waals surface area contributed by atoms with Crippen LogP contribution in [0.5, 0.6) is 0 Å². The number of hydrogen-bond donors (Lipinski definition) is 1. The third-order valence-corrected chi connectivity index (χ3v) is 5.75. The normalized spacial score (nSPS) is 18.1. The molecule has 2 heterocycles. The van der Waals surface area contributed by atoms with E-state index in [4.69, 9.17) is 11.6 Å². The van der Waals surface area contributed by atoms with Gasteiger partial charge in [-0.05, 0) is 50.2 Å². The van der Waals surface area contributed by atoms with Crippen LogP contribution in [0.2, 0.25) is 5.02 Å². The molecule has 4 heteroatoms. The van der Waals surface area contributed by atoms with Crippen LogP contribution in [0.15, 0.2) is 60.8 Å². The van der Waals surface area contributed by atoms with Crippen LogP contribution in [-0.2, 0) is 5.72 Å². The Kier molecular flexibility index (Phi) is 5.03. The fourth-order valence-corrected chi connectivity index (χ4v) is 4.22. The second-order valence-electron chi connectivity index (χ2n) is 7.22. The van der Waals surface area contributed by atoms with Crippen LogP contribution in [0.25, 0.3) is 10.9 Å². The number of benzene rings is 2. The lowest BCUT2D eigenvalue weighted by molar-refractivity contribution is -0.00920. The highest BCUT2D eigenvalue weighted by atomic mass is 35.5. The summed E-state index contributed by atoms with van der Waals surface area (Å²) in [5, 5.41) is 13.6. The number of nitrogens with zero attached hydrogens (tertiary/aromatic N) is 2. The summed E-state index contributed by atoms with van der Waals surface area (Å²) in [5.41, 5.74) is 0.845. The van der Waals surface area contributed by atoms with Crippen LogP contribution in [-0.4, -0.2) is 34.2 Å². The van der Waals surface area contributed by atoms with Crippen LogP contribution < -0.4 is 0 Å². The lowest BCUT2D eigenvalue weighted by atomic mass is 9.97. The third-order valence-electron chi connectivity index (χ3n) is 5.51. The number of rotatable bonds is 5. The van der Waals surface area contributed by atoms with Crippen molar-refractivity contribution in [3.8, 4) is 0 Å². The van der Waals surface area contributed by atoms with Crippen molar-refractivity contribution in [1.82, 2.24) is 9.47 Å². The SMILES string of the molecule is OC(CCN1CCCCC1)(c1ccccc1)n1ccc2cc(Cl)ccc21. The topological polar surface area (TPSA) is 28.4 Å². The fourth-order valence-electron chi connectivity index (χ4n) is 4.04. The van der Waals surface area contributed by atoms with E-state index >= 15 is 0 Å². The van der Waals surface area contributed by atoms with Gasteiger partial charge in [0.2, 0.25) is 0 Å². The largest absolute Gasteiger partial charge is 0.366 e. The molecule has 1 aliphatic heterocycles. The van der Waals surface area contributed by atoms with E-state index in [2.05, 4.69) is 4.90 Å². The van der Waals surface area contributed by atoms with Gasteiger partial charge in [-0.3, -0.25) is 0 Å². The third kappa shape index (κ3) is 3.39. The summed E-state index contributed by atoms with van der Waals surface area (Å²) in [6.07, 6.45) is 6.47. The van der Waals surface area contributed by atoms with Crippen molar-refractivity contribution in [2.24, 2.45) is 0 Å². The standard InChI is InChI=1S/C22H25ClN2O/c23-20-9-10-21-18(17-20)11-15-25(21)22(26,19-7-3-1-4-8-19)12-16-24-13-5-2-6-14-24/h1,3-4,7-11,15,17,26H,2,5-6,12-14,16H2. The van der Waals surface area contributed by atoms with Gasteiger partial charge in [0.15, 0.2) is 5.72 Å². The van der Waals surface area contributed by atoms with E-state index < -0.39 is 5.72 Å². The first kappa shape index (κ1) is 17.6. The molecule has 1 aliphatic rings. The summed E-state index contributed by atoms with van der Waals surface area (Å²) in [7, 11) is 0. The average molecular weight is 369 g/mol. The Balaban J connectivity index is 1.72. The average Bonchev–Trinajstić information content (AvgIpc) is 3.11. The maximum atomic E-state index is 11.8. The molecule has 4 rings (SSSR count). The molecule has 1 aromatic heterocycles. The quantitative estimate of drug-likeness (QED) is 0.696. The summed E-state index contributed by atoms with van der Waals surface area (Å²) in [5.74, 6) is 0. The van der Waals surface area contributed by atoms with E-state index in [1.54, 1.807) is 0 Å². The smallest absolute Gasteiger partial charge is 0.169 e. The van der Waals surface area contributed by atoms with Gasteiger partial charge in [0.1, 0.15) is 0 Å². The first-order chi connectivity index (χ1) is 12.7. The highest BCUT2D eigenvalue weighted by Crippen LogP contribution is 2.33. The van der Waals surface area contributed by atoms with Crippen molar-refractivity contribution >= 4 is 22.5 Å². The summed E-state index contributed by atoms with van der Waals surface area (Å²) in [4.78, 5) is 2.47. The first-order valence-corrected chi connectivity index (χ1v) is 9.82. The number of likely N-dealkylation sites (tertiary alicyclic amines) is 1. The Morgan fingerprint density at radius 2 is 1.73 bits per heavy atom. The van der Waals surface area contributed by atoms with E-state index in [-0.39, 0.29) is 0 Å². The molecule has 0 spiro atoms. The zero-order valence-electron chi connectivity index (χ0n) is 14.9. The highest BCUT2D eigenvalue weighted by Gasteiger charge is 2.32. The second-order valence-corrected chi connectivity index (χ2v) is 7.66. The van der Waals surface area contributed by atoms with E-state index in [0.717, 1.165) is 36.1 Å². The predicted molar refractivity (Wildman–Crippen MR) is 108 cm³/mol. The molecule has 1 atom stereocenters. The van der Waals surface area contributed by atoms with E-state index in [0.29, 0.717) is 11.4 Å². The Morgan fingerprint density at radius 3 is 2.50 bits per heavy atom. The van der Waals surface area contributed by atoms with E-state index in [9.17, 15) is 5.11 Å². The number of hydrogen-bond acceptors (Lipinski definition) is 2. The van der Waals surface area contributed by atoms with Crippen molar-refractivity contribution in [3.05, 3.63) is 71.4 Å². The number of aliphatic hydroxyl groups is 1. The predicted octanol–water partition coefficient (Wildman–Crippen LogP) is 4.86. The number of halogens is 1. The van der Waals surface area contributed by atoms with Gasteiger partial charge in [-0.1, -0.05) is 48.4 Å². The lowest BCUT2D eigenvalue weighted by Gasteiger charge is -2.35. The first-order valence-electron chi connectivity index (χ1n) is 9.44. The van der Waals surface area contributed by atoms with Crippen LogP contribution in [0.3, 0.4) is 0 Å². The minimum Gasteiger partial charge on any atom is -0.366 e. The molecule has 3 nitrogen and oxygen atoms in total. The maximum absolute atomic E-state index is 11.8. The molecule has 1 unspecified atom stereocenters. The lowest BCUT2D eigenvalue weighted by Crippen LogP contribution is -2.40. The minimum atomic E-state index is -1.08. The monoisotopic (exact) mass is 368 g/mol. The molecule has 0 saturated carbocycles. The molecule has 136 valence electrons.